The second kappa shape index (κ2) is 10.7. The Morgan fingerprint density at radius 1 is 0.516 bits per heavy atom. The van der Waals surface area contributed by atoms with Gasteiger partial charge >= 0.3 is 17.1 Å². The van der Waals surface area contributed by atoms with Gasteiger partial charge in [-0.05, 0) is 0 Å². The van der Waals surface area contributed by atoms with E-state index in [2.05, 4.69) is 72.8 Å². The quantitative estimate of drug-likeness (QED) is 0.211. The first-order valence-electron chi connectivity index (χ1n) is 12.2. The summed E-state index contributed by atoms with van der Waals surface area (Å²) >= 11 is 0. The maximum Gasteiger partial charge on any atom is 2.00 e. The maximum absolute atomic E-state index is 2.35. The minimum atomic E-state index is 0. The minimum absolute atomic E-state index is 0. The largest absolute Gasteiger partial charge is 2.00 e. The molecule has 0 nitrogen and oxygen atoms in total. The minimum Gasteiger partial charge on any atom is -0.150 e. The summed E-state index contributed by atoms with van der Waals surface area (Å²) in [4.78, 5) is 0. The van der Waals surface area contributed by atoms with E-state index in [0.717, 1.165) is 11.8 Å². The van der Waals surface area contributed by atoms with Crippen molar-refractivity contribution in [2.45, 2.75) is 76.0 Å². The molecule has 0 unspecified atom stereocenters. The number of fused-ring (bicyclic) bond motifs is 2. The Kier molecular flexibility index (Phi) is 7.70. The molecular formula is C30H34Mn. The molecule has 2 saturated carbocycles. The van der Waals surface area contributed by atoms with Gasteiger partial charge in [0.25, 0.3) is 0 Å². The first-order valence-corrected chi connectivity index (χ1v) is 12.2. The summed E-state index contributed by atoms with van der Waals surface area (Å²) < 4.78 is 0. The average Bonchev–Trinajstić information content (AvgIpc) is 3.45. The van der Waals surface area contributed by atoms with E-state index in [1.165, 1.54) is 85.8 Å². The predicted octanol–water partition coefficient (Wildman–Crippen LogP) is 9.21. The van der Waals surface area contributed by atoms with Gasteiger partial charge < -0.3 is 0 Å². The van der Waals surface area contributed by atoms with E-state index >= 15 is 0 Å². The van der Waals surface area contributed by atoms with Gasteiger partial charge in [-0.25, -0.2) is 0 Å². The number of hydrogen-bond acceptors (Lipinski definition) is 0. The summed E-state index contributed by atoms with van der Waals surface area (Å²) in [7, 11) is 0. The zero-order chi connectivity index (χ0) is 20.2. The van der Waals surface area contributed by atoms with Crippen molar-refractivity contribution in [1.82, 2.24) is 0 Å². The monoisotopic (exact) mass is 449 g/mol. The van der Waals surface area contributed by atoms with Gasteiger partial charge in [-0.3, -0.25) is 0 Å². The molecule has 0 N–H and O–H groups in total. The first-order chi connectivity index (χ1) is 14.9. The van der Waals surface area contributed by atoms with Crippen LogP contribution in [-0.4, -0.2) is 0 Å². The summed E-state index contributed by atoms with van der Waals surface area (Å²) in [6.07, 6.45) is 14.1. The fourth-order valence-corrected chi connectivity index (χ4v) is 5.89. The second-order valence-electron chi connectivity index (χ2n) is 9.42. The summed E-state index contributed by atoms with van der Waals surface area (Å²) in [5, 5.41) is 5.81. The molecule has 2 aliphatic rings. The Bertz CT molecular complexity index is 982. The van der Waals surface area contributed by atoms with E-state index in [1.54, 1.807) is 11.1 Å². The van der Waals surface area contributed by atoms with Gasteiger partial charge in [-0.2, -0.15) is 11.1 Å². The normalized spacial score (nSPS) is 17.8. The van der Waals surface area contributed by atoms with Gasteiger partial charge in [0, 0.05) is 0 Å². The van der Waals surface area contributed by atoms with Crippen molar-refractivity contribution >= 4 is 21.5 Å². The van der Waals surface area contributed by atoms with Crippen molar-refractivity contribution in [1.29, 1.82) is 0 Å². The topological polar surface area (TPSA) is 0 Å². The zero-order valence-corrected chi connectivity index (χ0v) is 19.7. The molecule has 0 spiro atoms. The smallest absolute Gasteiger partial charge is 0.150 e. The van der Waals surface area contributed by atoms with Crippen molar-refractivity contribution in [2.24, 2.45) is 0 Å². The number of rotatable bonds is 2. The van der Waals surface area contributed by atoms with Crippen LogP contribution in [-0.2, 0) is 17.1 Å². The van der Waals surface area contributed by atoms with Crippen LogP contribution in [0, 0.1) is 0 Å². The molecule has 0 aliphatic heterocycles. The molecule has 6 rings (SSSR count). The average molecular weight is 450 g/mol. The van der Waals surface area contributed by atoms with Crippen molar-refractivity contribution in [3.63, 3.8) is 0 Å². The first kappa shape index (κ1) is 22.4. The standard InChI is InChI=1S/2C15H17.Mn/c2*1-2-6-12(7-3-1)15-11-10-13-8-4-5-9-14(13)15;/h2*4-5,8-12H,1-3,6-7H2;/q2*-1;+2. The Morgan fingerprint density at radius 3 is 1.32 bits per heavy atom. The molecule has 0 amide bonds. The van der Waals surface area contributed by atoms with Crippen LogP contribution in [0.1, 0.15) is 87.2 Å². The Labute approximate surface area is 198 Å². The molecule has 0 atom stereocenters. The summed E-state index contributed by atoms with van der Waals surface area (Å²) in [6.45, 7) is 0. The molecule has 0 saturated heterocycles. The Hall–Kier alpha value is -1.82. The molecule has 0 heterocycles. The third-order valence-corrected chi connectivity index (χ3v) is 7.52. The van der Waals surface area contributed by atoms with E-state index in [4.69, 9.17) is 0 Å². The van der Waals surface area contributed by atoms with Gasteiger partial charge in [0.15, 0.2) is 0 Å². The van der Waals surface area contributed by atoms with Crippen molar-refractivity contribution in [3.8, 4) is 0 Å². The molecule has 4 aromatic carbocycles. The SMILES string of the molecule is [Mn+2].c1ccc2c(C3CCCCC3)c[cH-]c2c1.c1ccc2c(C3CCCCC3)c[cH-]c2c1. The summed E-state index contributed by atoms with van der Waals surface area (Å²) in [6, 6.07) is 26.8. The van der Waals surface area contributed by atoms with E-state index in [0.29, 0.717) is 0 Å². The third-order valence-electron chi connectivity index (χ3n) is 7.52. The molecule has 2 fully saturated rings. The fourth-order valence-electron chi connectivity index (χ4n) is 5.89. The Morgan fingerprint density at radius 2 is 0.903 bits per heavy atom. The molecule has 31 heavy (non-hydrogen) atoms. The van der Waals surface area contributed by atoms with Gasteiger partial charge in [0.2, 0.25) is 0 Å². The predicted molar refractivity (Wildman–Crippen MR) is 131 cm³/mol. The Balaban J connectivity index is 0.000000144. The van der Waals surface area contributed by atoms with Crippen LogP contribution >= 0.6 is 0 Å². The zero-order valence-electron chi connectivity index (χ0n) is 18.5. The summed E-state index contributed by atoms with van der Waals surface area (Å²) in [5.74, 6) is 1.66. The van der Waals surface area contributed by atoms with Crippen LogP contribution in [0.3, 0.4) is 0 Å². The molecule has 2 aliphatic carbocycles. The van der Waals surface area contributed by atoms with Crippen LogP contribution in [0.25, 0.3) is 21.5 Å². The molecule has 4 aromatic rings. The van der Waals surface area contributed by atoms with E-state index in [1.807, 2.05) is 0 Å². The van der Waals surface area contributed by atoms with E-state index in [-0.39, 0.29) is 17.1 Å². The van der Waals surface area contributed by atoms with Crippen molar-refractivity contribution in [2.75, 3.05) is 0 Å². The van der Waals surface area contributed by atoms with Crippen molar-refractivity contribution in [3.05, 3.63) is 83.9 Å². The van der Waals surface area contributed by atoms with Crippen LogP contribution in [0.5, 0.6) is 0 Å². The summed E-state index contributed by atoms with van der Waals surface area (Å²) in [5.41, 5.74) is 3.20. The molecule has 0 bridgehead atoms. The van der Waals surface area contributed by atoms with E-state index < -0.39 is 0 Å². The van der Waals surface area contributed by atoms with Crippen molar-refractivity contribution < 1.29 is 17.1 Å². The van der Waals surface area contributed by atoms with Gasteiger partial charge in [0.1, 0.15) is 0 Å². The third kappa shape index (κ3) is 5.00. The van der Waals surface area contributed by atoms with Gasteiger partial charge in [-0.1, -0.05) is 88.2 Å². The van der Waals surface area contributed by atoms with E-state index in [9.17, 15) is 0 Å². The van der Waals surface area contributed by atoms with Crippen LogP contribution in [0.4, 0.5) is 0 Å². The second-order valence-corrected chi connectivity index (χ2v) is 9.42. The molecular weight excluding hydrogens is 415 g/mol. The molecule has 161 valence electrons. The number of benzene rings is 2. The van der Waals surface area contributed by atoms with Crippen LogP contribution in [0.2, 0.25) is 0 Å². The van der Waals surface area contributed by atoms with Crippen LogP contribution in [0.15, 0.2) is 72.8 Å². The van der Waals surface area contributed by atoms with Crippen LogP contribution < -0.4 is 0 Å². The maximum atomic E-state index is 2.35. The molecule has 1 radical (unpaired) electrons. The fraction of sp³-hybridized carbons (Fsp3) is 0.400. The molecule has 0 aromatic heterocycles. The van der Waals surface area contributed by atoms with Gasteiger partial charge in [-0.15, -0.1) is 82.2 Å². The van der Waals surface area contributed by atoms with Gasteiger partial charge in [0.05, 0.1) is 0 Å². The number of hydrogen-bond donors (Lipinski definition) is 0. The molecule has 1 heteroatoms.